The minimum atomic E-state index is -0.0262. The second-order valence-electron chi connectivity index (χ2n) is 4.81. The molecule has 1 aromatic carbocycles. The zero-order chi connectivity index (χ0) is 14.3. The summed E-state index contributed by atoms with van der Waals surface area (Å²) < 4.78 is 0. The van der Waals surface area contributed by atoms with Crippen LogP contribution in [0.15, 0.2) is 36.7 Å². The standard InChI is InChI=1S/C16H13ClN2O/c1-9-4-3-5-10(2)13(9)15(20)11-8-19-16-14(11)12(17)6-7-18-16/h3-8H,1-2H3,(H,18,19). The van der Waals surface area contributed by atoms with E-state index in [-0.39, 0.29) is 5.78 Å². The number of hydrogen-bond donors (Lipinski definition) is 1. The van der Waals surface area contributed by atoms with E-state index < -0.39 is 0 Å². The summed E-state index contributed by atoms with van der Waals surface area (Å²) in [7, 11) is 0. The molecule has 20 heavy (non-hydrogen) atoms. The Morgan fingerprint density at radius 1 is 1.20 bits per heavy atom. The zero-order valence-corrected chi connectivity index (χ0v) is 12.0. The van der Waals surface area contributed by atoms with Crippen molar-refractivity contribution >= 4 is 28.4 Å². The molecule has 0 aliphatic rings. The van der Waals surface area contributed by atoms with Crippen LogP contribution in [0.2, 0.25) is 5.02 Å². The van der Waals surface area contributed by atoms with E-state index in [0.717, 1.165) is 16.7 Å². The molecule has 0 atom stereocenters. The number of pyridine rings is 1. The fourth-order valence-electron chi connectivity index (χ4n) is 2.50. The molecule has 4 heteroatoms. The first-order valence-corrected chi connectivity index (χ1v) is 6.70. The summed E-state index contributed by atoms with van der Waals surface area (Å²) in [4.78, 5) is 20.0. The molecule has 2 heterocycles. The topological polar surface area (TPSA) is 45.8 Å². The third-order valence-corrected chi connectivity index (χ3v) is 3.79. The van der Waals surface area contributed by atoms with E-state index in [9.17, 15) is 4.79 Å². The number of fused-ring (bicyclic) bond motifs is 1. The maximum absolute atomic E-state index is 12.8. The monoisotopic (exact) mass is 284 g/mol. The molecular weight excluding hydrogens is 272 g/mol. The molecule has 0 unspecified atom stereocenters. The van der Waals surface area contributed by atoms with Gasteiger partial charge in [0.05, 0.1) is 10.6 Å². The number of carbonyl (C=O) groups excluding carboxylic acids is 1. The smallest absolute Gasteiger partial charge is 0.195 e. The zero-order valence-electron chi connectivity index (χ0n) is 11.2. The molecule has 1 N–H and O–H groups in total. The van der Waals surface area contributed by atoms with Crippen molar-refractivity contribution < 1.29 is 4.79 Å². The number of hydrogen-bond acceptors (Lipinski definition) is 2. The number of carbonyl (C=O) groups is 1. The highest BCUT2D eigenvalue weighted by atomic mass is 35.5. The molecule has 0 bridgehead atoms. The lowest BCUT2D eigenvalue weighted by atomic mass is 9.95. The fraction of sp³-hybridized carbons (Fsp3) is 0.125. The number of halogens is 1. The van der Waals surface area contributed by atoms with Crippen LogP contribution < -0.4 is 0 Å². The van der Waals surface area contributed by atoms with Crippen LogP contribution in [0.1, 0.15) is 27.0 Å². The average Bonchev–Trinajstić information content (AvgIpc) is 2.83. The third kappa shape index (κ3) is 1.91. The molecular formula is C16H13ClN2O. The molecule has 100 valence electrons. The van der Waals surface area contributed by atoms with Crippen LogP contribution in [0.25, 0.3) is 11.0 Å². The first-order chi connectivity index (χ1) is 9.59. The largest absolute Gasteiger partial charge is 0.345 e. The van der Waals surface area contributed by atoms with Crippen molar-refractivity contribution in [2.75, 3.05) is 0 Å². The molecule has 3 aromatic rings. The molecule has 0 aliphatic heterocycles. The maximum atomic E-state index is 12.8. The van der Waals surface area contributed by atoms with Gasteiger partial charge in [-0.1, -0.05) is 29.8 Å². The van der Waals surface area contributed by atoms with E-state index in [0.29, 0.717) is 21.6 Å². The quantitative estimate of drug-likeness (QED) is 0.721. The van der Waals surface area contributed by atoms with Gasteiger partial charge < -0.3 is 4.98 Å². The number of benzene rings is 1. The van der Waals surface area contributed by atoms with Crippen LogP contribution in [0.4, 0.5) is 0 Å². The molecule has 3 rings (SSSR count). The van der Waals surface area contributed by atoms with E-state index in [1.54, 1.807) is 18.5 Å². The lowest BCUT2D eigenvalue weighted by Crippen LogP contribution is -2.05. The highest BCUT2D eigenvalue weighted by Crippen LogP contribution is 2.28. The lowest BCUT2D eigenvalue weighted by molar-refractivity contribution is 0.103. The summed E-state index contributed by atoms with van der Waals surface area (Å²) in [6.45, 7) is 3.88. The highest BCUT2D eigenvalue weighted by molar-refractivity contribution is 6.37. The van der Waals surface area contributed by atoms with Crippen LogP contribution in [-0.4, -0.2) is 15.8 Å². The molecule has 0 amide bonds. The van der Waals surface area contributed by atoms with Gasteiger partial charge >= 0.3 is 0 Å². The molecule has 3 nitrogen and oxygen atoms in total. The molecule has 0 saturated carbocycles. The van der Waals surface area contributed by atoms with Crippen molar-refractivity contribution in [1.82, 2.24) is 9.97 Å². The van der Waals surface area contributed by atoms with Crippen LogP contribution in [-0.2, 0) is 0 Å². The number of H-pyrrole nitrogens is 1. The number of aromatic nitrogens is 2. The molecule has 0 fully saturated rings. The Morgan fingerprint density at radius 2 is 1.90 bits per heavy atom. The Labute approximate surface area is 121 Å². The molecule has 0 aliphatic carbocycles. The Morgan fingerprint density at radius 3 is 2.60 bits per heavy atom. The minimum Gasteiger partial charge on any atom is -0.345 e. The minimum absolute atomic E-state index is 0.0262. The number of nitrogens with zero attached hydrogens (tertiary/aromatic N) is 1. The summed E-state index contributed by atoms with van der Waals surface area (Å²) in [5.41, 5.74) is 3.85. The van der Waals surface area contributed by atoms with Crippen molar-refractivity contribution in [2.45, 2.75) is 13.8 Å². The van der Waals surface area contributed by atoms with Crippen molar-refractivity contribution in [2.24, 2.45) is 0 Å². The average molecular weight is 285 g/mol. The number of rotatable bonds is 2. The van der Waals surface area contributed by atoms with Crippen LogP contribution in [0.5, 0.6) is 0 Å². The molecule has 0 spiro atoms. The summed E-state index contributed by atoms with van der Waals surface area (Å²) in [5.74, 6) is -0.0262. The highest BCUT2D eigenvalue weighted by Gasteiger charge is 2.19. The van der Waals surface area contributed by atoms with Crippen LogP contribution >= 0.6 is 11.6 Å². The molecule has 2 aromatic heterocycles. The predicted molar refractivity (Wildman–Crippen MR) is 80.5 cm³/mol. The van der Waals surface area contributed by atoms with Gasteiger partial charge in [-0.15, -0.1) is 0 Å². The van der Waals surface area contributed by atoms with Crippen molar-refractivity contribution in [3.05, 3.63) is 63.9 Å². The summed E-state index contributed by atoms with van der Waals surface area (Å²) in [6, 6.07) is 7.52. The van der Waals surface area contributed by atoms with Gasteiger partial charge in [-0.3, -0.25) is 4.79 Å². The second-order valence-corrected chi connectivity index (χ2v) is 5.22. The fourth-order valence-corrected chi connectivity index (χ4v) is 2.75. The molecule has 0 saturated heterocycles. The van der Waals surface area contributed by atoms with Gasteiger partial charge in [0.25, 0.3) is 0 Å². The third-order valence-electron chi connectivity index (χ3n) is 3.48. The summed E-state index contributed by atoms with van der Waals surface area (Å²) in [6.07, 6.45) is 3.30. The Balaban J connectivity index is 2.24. The number of ketones is 1. The number of aromatic amines is 1. The van der Waals surface area contributed by atoms with Crippen LogP contribution in [0, 0.1) is 13.8 Å². The van der Waals surface area contributed by atoms with E-state index in [4.69, 9.17) is 11.6 Å². The second kappa shape index (κ2) is 4.76. The van der Waals surface area contributed by atoms with Crippen molar-refractivity contribution in [3.8, 4) is 0 Å². The predicted octanol–water partition coefficient (Wildman–Crippen LogP) is 4.06. The number of nitrogens with one attached hydrogen (secondary N) is 1. The van der Waals surface area contributed by atoms with Gasteiger partial charge in [0.15, 0.2) is 5.78 Å². The molecule has 0 radical (unpaired) electrons. The summed E-state index contributed by atoms with van der Waals surface area (Å²) >= 11 is 6.20. The maximum Gasteiger partial charge on any atom is 0.195 e. The van der Waals surface area contributed by atoms with E-state index in [2.05, 4.69) is 9.97 Å². The van der Waals surface area contributed by atoms with E-state index >= 15 is 0 Å². The SMILES string of the molecule is Cc1cccc(C)c1C(=O)c1c[nH]c2nccc(Cl)c12. The van der Waals surface area contributed by atoms with Gasteiger partial charge in [0.2, 0.25) is 0 Å². The van der Waals surface area contributed by atoms with Gasteiger partial charge in [0, 0.05) is 23.3 Å². The van der Waals surface area contributed by atoms with E-state index in [1.807, 2.05) is 32.0 Å². The Bertz CT molecular complexity index is 800. The van der Waals surface area contributed by atoms with Gasteiger partial charge in [-0.05, 0) is 31.0 Å². The first kappa shape index (κ1) is 12.9. The Kier molecular flexibility index (Phi) is 3.07. The van der Waals surface area contributed by atoms with Gasteiger partial charge in [-0.25, -0.2) is 4.98 Å². The normalized spacial score (nSPS) is 10.9. The van der Waals surface area contributed by atoms with Gasteiger partial charge in [-0.2, -0.15) is 0 Å². The van der Waals surface area contributed by atoms with Crippen molar-refractivity contribution in [1.29, 1.82) is 0 Å². The van der Waals surface area contributed by atoms with Crippen LogP contribution in [0.3, 0.4) is 0 Å². The summed E-state index contributed by atoms with van der Waals surface area (Å²) in [5, 5.41) is 1.22. The first-order valence-electron chi connectivity index (χ1n) is 6.32. The van der Waals surface area contributed by atoms with Crippen molar-refractivity contribution in [3.63, 3.8) is 0 Å². The lowest BCUT2D eigenvalue weighted by Gasteiger charge is -2.08. The van der Waals surface area contributed by atoms with Gasteiger partial charge in [0.1, 0.15) is 5.65 Å². The number of aryl methyl sites for hydroxylation is 2. The van der Waals surface area contributed by atoms with E-state index in [1.165, 1.54) is 0 Å². The Hall–Kier alpha value is -2.13.